The Morgan fingerprint density at radius 2 is 1.90 bits per heavy atom. The van der Waals surface area contributed by atoms with Gasteiger partial charge in [-0.2, -0.15) is 0 Å². The van der Waals surface area contributed by atoms with Crippen molar-refractivity contribution in [2.24, 2.45) is 5.73 Å². The standard InChI is InChI=1S/C16H16N2O3/c1-20-12-8-6-11(7-9-12)13(17)10-18-14-4-2-3-5-15(14)21-16(18)19/h2-9,13H,10,17H2,1H3. The summed E-state index contributed by atoms with van der Waals surface area (Å²) in [4.78, 5) is 11.9. The van der Waals surface area contributed by atoms with Gasteiger partial charge in [-0.05, 0) is 29.8 Å². The third-order valence-corrected chi connectivity index (χ3v) is 3.50. The summed E-state index contributed by atoms with van der Waals surface area (Å²) in [5.74, 6) is 0.386. The second kappa shape index (κ2) is 5.46. The van der Waals surface area contributed by atoms with Crippen LogP contribution in [-0.2, 0) is 6.54 Å². The molecular weight excluding hydrogens is 268 g/mol. The summed E-state index contributed by atoms with van der Waals surface area (Å²) in [6.07, 6.45) is 0. The van der Waals surface area contributed by atoms with Gasteiger partial charge >= 0.3 is 5.76 Å². The van der Waals surface area contributed by atoms with Gasteiger partial charge in [0.05, 0.1) is 12.6 Å². The van der Waals surface area contributed by atoms with Crippen molar-refractivity contribution < 1.29 is 9.15 Å². The number of hydrogen-bond donors (Lipinski definition) is 1. The Balaban J connectivity index is 1.90. The Labute approximate surface area is 121 Å². The van der Waals surface area contributed by atoms with Crippen molar-refractivity contribution in [1.82, 2.24) is 4.57 Å². The topological polar surface area (TPSA) is 70.4 Å². The molecule has 0 radical (unpaired) electrons. The molecule has 0 aliphatic heterocycles. The molecule has 2 N–H and O–H groups in total. The molecule has 0 aliphatic rings. The third-order valence-electron chi connectivity index (χ3n) is 3.50. The summed E-state index contributed by atoms with van der Waals surface area (Å²) in [5, 5.41) is 0. The number of benzene rings is 2. The molecule has 3 rings (SSSR count). The van der Waals surface area contributed by atoms with Crippen LogP contribution in [0.15, 0.2) is 57.7 Å². The van der Waals surface area contributed by atoms with E-state index in [1.807, 2.05) is 42.5 Å². The van der Waals surface area contributed by atoms with Gasteiger partial charge in [-0.3, -0.25) is 4.57 Å². The van der Waals surface area contributed by atoms with E-state index in [4.69, 9.17) is 14.9 Å². The number of methoxy groups -OCH3 is 1. The molecule has 108 valence electrons. The van der Waals surface area contributed by atoms with Crippen molar-refractivity contribution in [3.05, 3.63) is 64.6 Å². The molecule has 2 aromatic carbocycles. The van der Waals surface area contributed by atoms with Crippen LogP contribution in [0.2, 0.25) is 0 Å². The average Bonchev–Trinajstić information content (AvgIpc) is 2.83. The van der Waals surface area contributed by atoms with Crippen LogP contribution in [-0.4, -0.2) is 11.7 Å². The molecule has 0 amide bonds. The first-order valence-electron chi connectivity index (χ1n) is 6.67. The minimum Gasteiger partial charge on any atom is -0.497 e. The molecule has 5 heteroatoms. The van der Waals surface area contributed by atoms with Gasteiger partial charge in [-0.15, -0.1) is 0 Å². The van der Waals surface area contributed by atoms with Gasteiger partial charge < -0.3 is 14.9 Å². The van der Waals surface area contributed by atoms with E-state index < -0.39 is 0 Å². The molecule has 1 atom stereocenters. The first kappa shape index (κ1) is 13.5. The maximum absolute atomic E-state index is 11.9. The van der Waals surface area contributed by atoms with Crippen LogP contribution in [0.1, 0.15) is 11.6 Å². The molecule has 1 unspecified atom stereocenters. The maximum atomic E-state index is 11.9. The predicted molar refractivity (Wildman–Crippen MR) is 80.4 cm³/mol. The normalized spacial score (nSPS) is 12.5. The molecule has 21 heavy (non-hydrogen) atoms. The fourth-order valence-corrected chi connectivity index (χ4v) is 2.34. The smallest absolute Gasteiger partial charge is 0.420 e. The summed E-state index contributed by atoms with van der Waals surface area (Å²) >= 11 is 0. The molecule has 1 aromatic heterocycles. The van der Waals surface area contributed by atoms with Crippen LogP contribution in [0, 0.1) is 0 Å². The van der Waals surface area contributed by atoms with Crippen LogP contribution < -0.4 is 16.2 Å². The van der Waals surface area contributed by atoms with E-state index in [0.29, 0.717) is 12.1 Å². The van der Waals surface area contributed by atoms with Crippen LogP contribution in [0.4, 0.5) is 0 Å². The van der Waals surface area contributed by atoms with E-state index in [9.17, 15) is 4.79 Å². The minimum absolute atomic E-state index is 0.297. The van der Waals surface area contributed by atoms with Crippen LogP contribution in [0.3, 0.4) is 0 Å². The lowest BCUT2D eigenvalue weighted by Gasteiger charge is -2.13. The van der Waals surface area contributed by atoms with Crippen molar-refractivity contribution in [3.63, 3.8) is 0 Å². The Kier molecular flexibility index (Phi) is 3.50. The summed E-state index contributed by atoms with van der Waals surface area (Å²) in [5.41, 5.74) is 8.46. The van der Waals surface area contributed by atoms with Crippen LogP contribution in [0.5, 0.6) is 5.75 Å². The summed E-state index contributed by atoms with van der Waals surface area (Å²) in [7, 11) is 1.62. The van der Waals surface area contributed by atoms with Gasteiger partial charge in [0.15, 0.2) is 5.58 Å². The highest BCUT2D eigenvalue weighted by atomic mass is 16.5. The quantitative estimate of drug-likeness (QED) is 0.798. The third kappa shape index (κ3) is 2.55. The molecule has 0 bridgehead atoms. The predicted octanol–water partition coefficient (Wildman–Crippen LogP) is 2.30. The molecule has 0 saturated heterocycles. The zero-order valence-electron chi connectivity index (χ0n) is 11.7. The molecule has 0 spiro atoms. The highest BCUT2D eigenvalue weighted by Crippen LogP contribution is 2.19. The van der Waals surface area contributed by atoms with Crippen molar-refractivity contribution in [2.75, 3.05) is 7.11 Å². The minimum atomic E-state index is -0.389. The lowest BCUT2D eigenvalue weighted by Crippen LogP contribution is -2.23. The number of rotatable bonds is 4. The van der Waals surface area contributed by atoms with Gasteiger partial charge in [0.2, 0.25) is 0 Å². The number of nitrogens with two attached hydrogens (primary N) is 1. The highest BCUT2D eigenvalue weighted by Gasteiger charge is 2.13. The SMILES string of the molecule is COc1ccc(C(N)Cn2c(=O)oc3ccccc32)cc1. The van der Waals surface area contributed by atoms with Gasteiger partial charge in [0.25, 0.3) is 0 Å². The summed E-state index contributed by atoms with van der Waals surface area (Å²) in [6, 6.07) is 14.5. The van der Waals surface area contributed by atoms with Crippen molar-refractivity contribution >= 4 is 11.1 Å². The van der Waals surface area contributed by atoms with E-state index in [1.54, 1.807) is 17.7 Å². The zero-order chi connectivity index (χ0) is 14.8. The molecule has 0 fully saturated rings. The molecule has 3 aromatic rings. The lowest BCUT2D eigenvalue weighted by molar-refractivity contribution is 0.414. The summed E-state index contributed by atoms with van der Waals surface area (Å²) < 4.78 is 11.9. The van der Waals surface area contributed by atoms with E-state index >= 15 is 0 Å². The number of para-hydroxylation sites is 2. The average molecular weight is 284 g/mol. The highest BCUT2D eigenvalue weighted by molar-refractivity contribution is 5.72. The number of oxazole rings is 1. The Morgan fingerprint density at radius 3 is 2.62 bits per heavy atom. The second-order valence-corrected chi connectivity index (χ2v) is 4.83. The number of ether oxygens (including phenoxy) is 1. The van der Waals surface area contributed by atoms with Crippen molar-refractivity contribution in [3.8, 4) is 5.75 Å². The first-order chi connectivity index (χ1) is 10.2. The Hall–Kier alpha value is -2.53. The van der Waals surface area contributed by atoms with Crippen molar-refractivity contribution in [1.29, 1.82) is 0 Å². The van der Waals surface area contributed by atoms with E-state index in [2.05, 4.69) is 0 Å². The van der Waals surface area contributed by atoms with Gasteiger partial charge in [0, 0.05) is 12.6 Å². The van der Waals surface area contributed by atoms with Crippen LogP contribution >= 0.6 is 0 Å². The van der Waals surface area contributed by atoms with E-state index in [0.717, 1.165) is 16.8 Å². The largest absolute Gasteiger partial charge is 0.497 e. The maximum Gasteiger partial charge on any atom is 0.420 e. The van der Waals surface area contributed by atoms with Gasteiger partial charge in [-0.1, -0.05) is 24.3 Å². The lowest BCUT2D eigenvalue weighted by atomic mass is 10.1. The Morgan fingerprint density at radius 1 is 1.19 bits per heavy atom. The van der Waals surface area contributed by atoms with Crippen LogP contribution in [0.25, 0.3) is 11.1 Å². The number of fused-ring (bicyclic) bond motifs is 1. The number of hydrogen-bond acceptors (Lipinski definition) is 4. The van der Waals surface area contributed by atoms with E-state index in [1.165, 1.54) is 0 Å². The Bertz CT molecular complexity index is 802. The molecule has 5 nitrogen and oxygen atoms in total. The molecule has 0 aliphatic carbocycles. The summed E-state index contributed by atoms with van der Waals surface area (Å²) in [6.45, 7) is 0.363. The van der Waals surface area contributed by atoms with Crippen molar-refractivity contribution in [2.45, 2.75) is 12.6 Å². The monoisotopic (exact) mass is 284 g/mol. The van der Waals surface area contributed by atoms with E-state index in [-0.39, 0.29) is 11.8 Å². The molecule has 1 heterocycles. The fourth-order valence-electron chi connectivity index (χ4n) is 2.34. The molecule has 0 saturated carbocycles. The van der Waals surface area contributed by atoms with Gasteiger partial charge in [0.1, 0.15) is 5.75 Å². The number of nitrogens with zero attached hydrogens (tertiary/aromatic N) is 1. The fraction of sp³-hybridized carbons (Fsp3) is 0.188. The number of aromatic nitrogens is 1. The first-order valence-corrected chi connectivity index (χ1v) is 6.67. The van der Waals surface area contributed by atoms with Gasteiger partial charge in [-0.25, -0.2) is 4.79 Å². The second-order valence-electron chi connectivity index (χ2n) is 4.83. The molecular formula is C16H16N2O3. The zero-order valence-corrected chi connectivity index (χ0v) is 11.7.